The Kier molecular flexibility index (Phi) is 5.09. The van der Waals surface area contributed by atoms with Gasteiger partial charge >= 0.3 is 0 Å². The molecule has 3 aromatic heterocycles. The lowest BCUT2D eigenvalue weighted by Gasteiger charge is -2.20. The molecule has 184 valence electrons. The summed E-state index contributed by atoms with van der Waals surface area (Å²) < 4.78 is 13.6. The number of tetrazole rings is 1. The van der Waals surface area contributed by atoms with Crippen LogP contribution in [0.15, 0.2) is 86.9 Å². The van der Waals surface area contributed by atoms with Crippen molar-refractivity contribution in [2.24, 2.45) is 5.10 Å². The van der Waals surface area contributed by atoms with Crippen LogP contribution in [0.2, 0.25) is 0 Å². The van der Waals surface area contributed by atoms with E-state index in [2.05, 4.69) is 25.9 Å². The van der Waals surface area contributed by atoms with Gasteiger partial charge in [-0.05, 0) is 59.7 Å². The first-order valence-electron chi connectivity index (χ1n) is 12.3. The maximum absolute atomic E-state index is 13.4. The van der Waals surface area contributed by atoms with Gasteiger partial charge in [-0.2, -0.15) is 5.10 Å². The molecule has 2 aromatic carbocycles. The van der Waals surface area contributed by atoms with Crippen molar-refractivity contribution in [2.75, 3.05) is 11.9 Å². The van der Waals surface area contributed by atoms with Gasteiger partial charge in [0.15, 0.2) is 11.6 Å². The Morgan fingerprint density at radius 1 is 1.05 bits per heavy atom. The molecule has 0 spiro atoms. The zero-order chi connectivity index (χ0) is 24.8. The third kappa shape index (κ3) is 4.06. The molecule has 1 saturated carbocycles. The smallest absolute Gasteiger partial charge is 0.262 e. The van der Waals surface area contributed by atoms with Gasteiger partial charge in [-0.3, -0.25) is 4.79 Å². The van der Waals surface area contributed by atoms with Crippen LogP contribution in [-0.2, 0) is 4.79 Å². The van der Waals surface area contributed by atoms with Crippen LogP contribution in [0.25, 0.3) is 22.4 Å². The fourth-order valence-corrected chi connectivity index (χ4v) is 4.69. The van der Waals surface area contributed by atoms with Gasteiger partial charge in [0.1, 0.15) is 23.1 Å². The van der Waals surface area contributed by atoms with Gasteiger partial charge in [-0.15, -0.1) is 5.10 Å². The second-order valence-electron chi connectivity index (χ2n) is 9.28. The summed E-state index contributed by atoms with van der Waals surface area (Å²) in [5, 5.41) is 22.6. The number of nitrogens with zero attached hydrogens (tertiary/aromatic N) is 6. The van der Waals surface area contributed by atoms with E-state index in [4.69, 9.17) is 8.83 Å². The number of fused-ring (bicyclic) bond motifs is 1. The lowest BCUT2D eigenvalue weighted by atomic mass is 10.1. The van der Waals surface area contributed by atoms with Crippen LogP contribution in [0.3, 0.4) is 0 Å². The average Bonchev–Trinajstić information content (AvgIpc) is 3.40. The summed E-state index contributed by atoms with van der Waals surface area (Å²) in [6.07, 6.45) is 4.29. The summed E-state index contributed by atoms with van der Waals surface area (Å²) >= 11 is 0. The predicted molar refractivity (Wildman–Crippen MR) is 136 cm³/mol. The van der Waals surface area contributed by atoms with E-state index in [9.17, 15) is 4.79 Å². The normalized spacial score (nSPS) is 17.4. The lowest BCUT2D eigenvalue weighted by molar-refractivity contribution is -0.131. The van der Waals surface area contributed by atoms with Crippen molar-refractivity contribution in [1.29, 1.82) is 0 Å². The van der Waals surface area contributed by atoms with Gasteiger partial charge in [0.2, 0.25) is 0 Å². The quantitative estimate of drug-likeness (QED) is 0.346. The van der Waals surface area contributed by atoms with Gasteiger partial charge in [-0.25, -0.2) is 9.69 Å². The number of hydrogen-bond donors (Lipinski definition) is 1. The number of nitrogens with one attached hydrogen (secondary N) is 1. The van der Waals surface area contributed by atoms with E-state index in [1.807, 2.05) is 71.4 Å². The Balaban J connectivity index is 1.12. The average molecular weight is 494 g/mol. The van der Waals surface area contributed by atoms with Crippen LogP contribution in [0, 0.1) is 0 Å². The minimum atomic E-state index is -0.345. The van der Waals surface area contributed by atoms with Gasteiger partial charge in [0.05, 0.1) is 18.8 Å². The van der Waals surface area contributed by atoms with Gasteiger partial charge in [0.25, 0.3) is 5.91 Å². The number of rotatable bonds is 7. The molecule has 7 rings (SSSR count). The zero-order valence-corrected chi connectivity index (χ0v) is 19.8. The number of hydrazone groups is 1. The lowest BCUT2D eigenvalue weighted by Crippen LogP contribution is -2.32. The van der Waals surface area contributed by atoms with Crippen molar-refractivity contribution in [3.63, 3.8) is 0 Å². The fraction of sp³-hybridized carbons (Fsp3) is 0.222. The number of furan rings is 2. The highest BCUT2D eigenvalue weighted by atomic mass is 16.3. The highest BCUT2D eigenvalue weighted by Gasteiger charge is 2.36. The monoisotopic (exact) mass is 493 g/mol. The largest absolute Gasteiger partial charge is 0.467 e. The van der Waals surface area contributed by atoms with Crippen molar-refractivity contribution < 1.29 is 13.6 Å². The molecule has 0 saturated heterocycles. The molecule has 10 nitrogen and oxygen atoms in total. The molecule has 37 heavy (non-hydrogen) atoms. The second kappa shape index (κ2) is 8.74. The molecule has 10 heteroatoms. The van der Waals surface area contributed by atoms with Crippen LogP contribution < -0.4 is 5.32 Å². The van der Waals surface area contributed by atoms with E-state index >= 15 is 0 Å². The fourth-order valence-electron chi connectivity index (χ4n) is 4.69. The Bertz CT molecular complexity index is 1580. The number of para-hydroxylation sites is 1. The molecule has 1 N–H and O–H groups in total. The van der Waals surface area contributed by atoms with E-state index < -0.39 is 0 Å². The number of hydrogen-bond acceptors (Lipinski definition) is 8. The topological polar surface area (TPSA) is 115 Å². The number of carbonyl (C=O) groups is 1. The number of aromatic nitrogens is 4. The van der Waals surface area contributed by atoms with Crippen molar-refractivity contribution in [1.82, 2.24) is 25.2 Å². The maximum Gasteiger partial charge on any atom is 0.262 e. The summed E-state index contributed by atoms with van der Waals surface area (Å²) in [5.74, 6) is 1.88. The number of benzene rings is 2. The Hall–Kier alpha value is -4.73. The molecule has 1 aliphatic carbocycles. The van der Waals surface area contributed by atoms with E-state index in [0.29, 0.717) is 29.7 Å². The highest BCUT2D eigenvalue weighted by molar-refractivity contribution is 6.03. The van der Waals surface area contributed by atoms with Crippen molar-refractivity contribution in [3.05, 3.63) is 84.5 Å². The molecule has 2 aliphatic rings. The van der Waals surface area contributed by atoms with Crippen molar-refractivity contribution in [2.45, 2.75) is 31.3 Å². The predicted octanol–water partition coefficient (Wildman–Crippen LogP) is 4.80. The third-order valence-electron chi connectivity index (χ3n) is 6.70. The molecular formula is C27H23N7O3. The number of amides is 1. The Labute approximate surface area is 211 Å². The number of anilines is 1. The van der Waals surface area contributed by atoms with Gasteiger partial charge < -0.3 is 14.2 Å². The summed E-state index contributed by atoms with van der Waals surface area (Å²) in [4.78, 5) is 13.4. The molecule has 1 amide bonds. The van der Waals surface area contributed by atoms with Crippen LogP contribution in [0.5, 0.6) is 0 Å². The summed E-state index contributed by atoms with van der Waals surface area (Å²) in [7, 11) is 0. The maximum atomic E-state index is 13.4. The summed E-state index contributed by atoms with van der Waals surface area (Å²) in [5.41, 5.74) is 3.19. The van der Waals surface area contributed by atoms with Crippen LogP contribution in [0.4, 0.5) is 5.69 Å². The Morgan fingerprint density at radius 2 is 1.97 bits per heavy atom. The molecule has 4 heterocycles. The summed E-state index contributed by atoms with van der Waals surface area (Å²) in [6.45, 7) is 0.0607. The first kappa shape index (κ1) is 21.5. The highest BCUT2D eigenvalue weighted by Crippen LogP contribution is 2.37. The minimum Gasteiger partial charge on any atom is -0.467 e. The second-order valence-corrected chi connectivity index (χ2v) is 9.28. The molecule has 1 unspecified atom stereocenters. The minimum absolute atomic E-state index is 0.0607. The van der Waals surface area contributed by atoms with Gasteiger partial charge in [-0.1, -0.05) is 30.3 Å². The SMILES string of the molecule is O=C(CNc1cccc(-c2nnnn2C2CC2)c1)N1N=C(c2cc3ccccc3o2)CC1c1ccco1. The molecular weight excluding hydrogens is 470 g/mol. The van der Waals surface area contributed by atoms with E-state index in [1.165, 1.54) is 5.01 Å². The molecule has 1 atom stereocenters. The summed E-state index contributed by atoms with van der Waals surface area (Å²) in [6, 6.07) is 21.2. The molecule has 5 aromatic rings. The van der Waals surface area contributed by atoms with Crippen molar-refractivity contribution >= 4 is 28.3 Å². The molecule has 0 radical (unpaired) electrons. The first-order chi connectivity index (χ1) is 18.2. The van der Waals surface area contributed by atoms with E-state index in [-0.39, 0.29) is 18.5 Å². The molecule has 0 bridgehead atoms. The van der Waals surface area contributed by atoms with Crippen LogP contribution in [-0.4, -0.2) is 43.4 Å². The Morgan fingerprint density at radius 3 is 2.81 bits per heavy atom. The standard InChI is InChI=1S/C27H23N7O3/c35-26(16-28-19-7-3-6-18(13-19)27-29-31-32-33(27)20-10-11-20)34-22(24-9-4-12-36-24)15-21(30-34)25-14-17-5-1-2-8-23(17)37-25/h1-9,12-14,20,22,28H,10-11,15-16H2. The molecule has 1 aliphatic heterocycles. The molecule has 1 fully saturated rings. The van der Waals surface area contributed by atoms with Crippen LogP contribution in [0.1, 0.15) is 42.9 Å². The van der Waals surface area contributed by atoms with Gasteiger partial charge in [0, 0.05) is 23.1 Å². The zero-order valence-electron chi connectivity index (χ0n) is 19.8. The van der Waals surface area contributed by atoms with Crippen LogP contribution >= 0.6 is 0 Å². The van der Waals surface area contributed by atoms with Crippen molar-refractivity contribution in [3.8, 4) is 11.4 Å². The van der Waals surface area contributed by atoms with E-state index in [0.717, 1.165) is 40.9 Å². The van der Waals surface area contributed by atoms with E-state index in [1.54, 1.807) is 6.26 Å². The first-order valence-corrected chi connectivity index (χ1v) is 12.3. The third-order valence-corrected chi connectivity index (χ3v) is 6.70. The number of carbonyl (C=O) groups excluding carboxylic acids is 1.